The summed E-state index contributed by atoms with van der Waals surface area (Å²) < 4.78 is 0. The van der Waals surface area contributed by atoms with E-state index < -0.39 is 46.5 Å². The van der Waals surface area contributed by atoms with Gasteiger partial charge >= 0.3 is 17.9 Å². The van der Waals surface area contributed by atoms with Crippen LogP contribution in [-0.4, -0.2) is 44.8 Å². The van der Waals surface area contributed by atoms with Gasteiger partial charge in [0.2, 0.25) is 0 Å². The zero-order valence-electron chi connectivity index (χ0n) is 19.0. The molecule has 0 aromatic carbocycles. The molecule has 32 heavy (non-hydrogen) atoms. The molecule has 0 aromatic rings. The molecule has 8 nitrogen and oxygen atoms in total. The van der Waals surface area contributed by atoms with E-state index in [9.17, 15) is 34.2 Å². The molecule has 0 amide bonds. The molecule has 0 radical (unpaired) electrons. The third-order valence-electron chi connectivity index (χ3n) is 9.30. The highest BCUT2D eigenvalue weighted by molar-refractivity contribution is 5.94. The number of fused-ring (bicyclic) bond motifs is 3. The van der Waals surface area contributed by atoms with Gasteiger partial charge in [-0.1, -0.05) is 20.8 Å². The van der Waals surface area contributed by atoms with Crippen LogP contribution in [0.5, 0.6) is 0 Å². The second-order valence-electron chi connectivity index (χ2n) is 10.7. The van der Waals surface area contributed by atoms with E-state index in [1.807, 2.05) is 13.8 Å². The van der Waals surface area contributed by atoms with E-state index in [4.69, 9.17) is 5.11 Å². The lowest BCUT2D eigenvalue weighted by atomic mass is 9.45. The molecule has 0 bridgehead atoms. The molecule has 0 heterocycles. The van der Waals surface area contributed by atoms with Gasteiger partial charge in [0, 0.05) is 37.0 Å². The molecule has 3 saturated carbocycles. The minimum absolute atomic E-state index is 0.00816. The van der Waals surface area contributed by atoms with Crippen molar-refractivity contribution in [2.45, 2.75) is 72.1 Å². The van der Waals surface area contributed by atoms with E-state index in [1.54, 1.807) is 6.92 Å². The highest BCUT2D eigenvalue weighted by Crippen LogP contribution is 2.65. The quantitative estimate of drug-likeness (QED) is 0.511. The van der Waals surface area contributed by atoms with Crippen molar-refractivity contribution in [2.75, 3.05) is 0 Å². The van der Waals surface area contributed by atoms with E-state index >= 15 is 0 Å². The molecule has 3 aliphatic carbocycles. The van der Waals surface area contributed by atoms with E-state index in [-0.39, 0.29) is 61.4 Å². The van der Waals surface area contributed by atoms with Crippen LogP contribution in [0.4, 0.5) is 0 Å². The van der Waals surface area contributed by atoms with Crippen LogP contribution in [0.3, 0.4) is 0 Å². The molecule has 0 saturated heterocycles. The Balaban J connectivity index is 1.96. The van der Waals surface area contributed by atoms with Crippen LogP contribution in [-0.2, 0) is 24.0 Å². The lowest BCUT2D eigenvalue weighted by molar-refractivity contribution is -0.174. The van der Waals surface area contributed by atoms with Crippen molar-refractivity contribution in [3.05, 3.63) is 0 Å². The number of carbonyl (C=O) groups is 5. The molecule has 0 aliphatic heterocycles. The van der Waals surface area contributed by atoms with Crippen LogP contribution in [0.15, 0.2) is 0 Å². The van der Waals surface area contributed by atoms with Crippen LogP contribution in [0.2, 0.25) is 0 Å². The van der Waals surface area contributed by atoms with Crippen LogP contribution in [0.1, 0.15) is 72.1 Å². The number of aliphatic carboxylic acids is 3. The van der Waals surface area contributed by atoms with Gasteiger partial charge in [-0.15, -0.1) is 0 Å². The zero-order chi connectivity index (χ0) is 24.0. The van der Waals surface area contributed by atoms with Gasteiger partial charge in [0.15, 0.2) is 0 Å². The number of carboxylic acid groups (broad SMARTS) is 3. The van der Waals surface area contributed by atoms with Crippen molar-refractivity contribution >= 4 is 29.5 Å². The molecular weight excluding hydrogens is 416 g/mol. The Hall–Kier alpha value is -2.25. The summed E-state index contributed by atoms with van der Waals surface area (Å²) in [6, 6.07) is 0. The van der Waals surface area contributed by atoms with Crippen molar-refractivity contribution in [3.8, 4) is 0 Å². The van der Waals surface area contributed by atoms with Crippen molar-refractivity contribution in [1.29, 1.82) is 0 Å². The van der Waals surface area contributed by atoms with Crippen molar-refractivity contribution in [3.63, 3.8) is 0 Å². The zero-order valence-corrected chi connectivity index (χ0v) is 19.0. The summed E-state index contributed by atoms with van der Waals surface area (Å²) in [5.74, 6) is -5.28. The number of carboxylic acids is 3. The highest BCUT2D eigenvalue weighted by atomic mass is 16.4. The molecule has 3 aliphatic rings. The molecule has 0 unspecified atom stereocenters. The fourth-order valence-corrected chi connectivity index (χ4v) is 7.48. The summed E-state index contributed by atoms with van der Waals surface area (Å²) in [5.41, 5.74) is -1.69. The molecule has 178 valence electrons. The minimum atomic E-state index is -1.11. The fraction of sp³-hybridized carbons (Fsp3) is 0.792. The van der Waals surface area contributed by atoms with Gasteiger partial charge < -0.3 is 15.3 Å². The SMILES string of the molecule is C[C@@H](CCC(=O)O)[C@@H]1CC[C@H]2[C@H]3C(=O)C[C@H](C(=O)O)[C@](C)(CCC(=O)O)[C@@H]3CC(=O)[C@@]21C. The summed E-state index contributed by atoms with van der Waals surface area (Å²) in [6.45, 7) is 5.63. The number of hydrogen-bond acceptors (Lipinski definition) is 5. The number of rotatable bonds is 8. The monoisotopic (exact) mass is 450 g/mol. The lowest BCUT2D eigenvalue weighted by Crippen LogP contribution is -2.60. The van der Waals surface area contributed by atoms with Crippen LogP contribution >= 0.6 is 0 Å². The molecule has 8 atom stereocenters. The maximum absolute atomic E-state index is 13.6. The first kappa shape index (κ1) is 24.4. The number of ketones is 2. The number of Topliss-reactive ketones (excluding diaryl/α,β-unsaturated/α-hetero) is 2. The van der Waals surface area contributed by atoms with Crippen LogP contribution < -0.4 is 0 Å². The van der Waals surface area contributed by atoms with Crippen LogP contribution in [0.25, 0.3) is 0 Å². The largest absolute Gasteiger partial charge is 0.481 e. The second kappa shape index (κ2) is 8.60. The summed E-state index contributed by atoms with van der Waals surface area (Å²) in [7, 11) is 0. The Morgan fingerprint density at radius 3 is 2.16 bits per heavy atom. The molecule has 3 N–H and O–H groups in total. The third-order valence-corrected chi connectivity index (χ3v) is 9.30. The number of hydrogen-bond donors (Lipinski definition) is 3. The molecule has 3 fully saturated rings. The molecule has 8 heteroatoms. The Morgan fingerprint density at radius 2 is 1.59 bits per heavy atom. The predicted molar refractivity (Wildman–Crippen MR) is 113 cm³/mol. The van der Waals surface area contributed by atoms with Crippen LogP contribution in [0, 0.1) is 46.3 Å². The molecule has 0 aromatic heterocycles. The highest BCUT2D eigenvalue weighted by Gasteiger charge is 2.66. The molecular formula is C24H34O8. The smallest absolute Gasteiger partial charge is 0.307 e. The molecule has 3 rings (SSSR count). The Morgan fingerprint density at radius 1 is 0.969 bits per heavy atom. The van der Waals surface area contributed by atoms with Gasteiger partial charge in [-0.25, -0.2) is 0 Å². The van der Waals surface area contributed by atoms with Crippen molar-refractivity contribution < 1.29 is 39.3 Å². The first-order valence-electron chi connectivity index (χ1n) is 11.6. The average molecular weight is 451 g/mol. The minimum Gasteiger partial charge on any atom is -0.481 e. The van der Waals surface area contributed by atoms with Crippen molar-refractivity contribution in [2.24, 2.45) is 46.3 Å². The van der Waals surface area contributed by atoms with Gasteiger partial charge in [0.05, 0.1) is 5.92 Å². The maximum atomic E-state index is 13.6. The van der Waals surface area contributed by atoms with Gasteiger partial charge in [-0.3, -0.25) is 24.0 Å². The predicted octanol–water partition coefficient (Wildman–Crippen LogP) is 3.27. The van der Waals surface area contributed by atoms with E-state index in [0.717, 1.165) is 6.42 Å². The van der Waals surface area contributed by atoms with E-state index in [1.165, 1.54) is 0 Å². The van der Waals surface area contributed by atoms with Gasteiger partial charge in [-0.05, 0) is 54.8 Å². The average Bonchev–Trinajstić information content (AvgIpc) is 3.06. The standard InChI is InChI=1S/C24H34O8/c1-12(4-7-19(27)28)13-5-6-14-21-15(11-18(26)24(13,14)3)23(2,9-8-20(29)30)16(22(31)32)10-17(21)25/h12-16,21H,4-11H2,1-3H3,(H,27,28)(H,29,30)(H,31,32)/t12-,13-,14-,15+,16+,21+,23+,24+/m0/s1. The first-order chi connectivity index (χ1) is 14.8. The van der Waals surface area contributed by atoms with Crippen molar-refractivity contribution in [1.82, 2.24) is 0 Å². The number of carbonyl (C=O) groups excluding carboxylic acids is 2. The van der Waals surface area contributed by atoms with Gasteiger partial charge in [0.25, 0.3) is 0 Å². The normalized spacial score (nSPS) is 39.8. The van der Waals surface area contributed by atoms with Gasteiger partial charge in [0.1, 0.15) is 11.6 Å². The topological polar surface area (TPSA) is 146 Å². The summed E-state index contributed by atoms with van der Waals surface area (Å²) in [4.78, 5) is 61.3. The Kier molecular flexibility index (Phi) is 6.55. The Bertz CT molecular complexity index is 834. The first-order valence-corrected chi connectivity index (χ1v) is 11.6. The molecule has 0 spiro atoms. The third kappa shape index (κ3) is 3.86. The maximum Gasteiger partial charge on any atom is 0.307 e. The summed E-state index contributed by atoms with van der Waals surface area (Å²) in [6.07, 6.45) is 1.76. The van der Waals surface area contributed by atoms with Gasteiger partial charge in [-0.2, -0.15) is 0 Å². The van der Waals surface area contributed by atoms with E-state index in [0.29, 0.717) is 12.8 Å². The lowest BCUT2D eigenvalue weighted by Gasteiger charge is -2.56. The van der Waals surface area contributed by atoms with E-state index in [2.05, 4.69) is 0 Å². The second-order valence-corrected chi connectivity index (χ2v) is 10.7. The summed E-state index contributed by atoms with van der Waals surface area (Å²) >= 11 is 0. The fourth-order valence-electron chi connectivity index (χ4n) is 7.48. The summed E-state index contributed by atoms with van der Waals surface area (Å²) in [5, 5.41) is 28.1. The Labute approximate surface area is 187 Å².